The molecule has 0 bridgehead atoms. The molecule has 1 saturated heterocycles. The van der Waals surface area contributed by atoms with Crippen LogP contribution < -0.4 is 0 Å². The van der Waals surface area contributed by atoms with Crippen molar-refractivity contribution in [1.82, 2.24) is 9.80 Å². The van der Waals surface area contributed by atoms with E-state index >= 15 is 0 Å². The number of nitrogens with zero attached hydrogens (tertiary/aromatic N) is 2. The summed E-state index contributed by atoms with van der Waals surface area (Å²) < 4.78 is 0. The fraction of sp³-hybridized carbons (Fsp3) is 0.923. The van der Waals surface area contributed by atoms with Gasteiger partial charge in [-0.2, -0.15) is 0 Å². The van der Waals surface area contributed by atoms with Gasteiger partial charge in [-0.15, -0.1) is 0 Å². The summed E-state index contributed by atoms with van der Waals surface area (Å²) in [7, 11) is 4.31. The van der Waals surface area contributed by atoms with Gasteiger partial charge in [0.05, 0.1) is 0 Å². The zero-order valence-electron chi connectivity index (χ0n) is 10.6. The van der Waals surface area contributed by atoms with E-state index in [2.05, 4.69) is 23.9 Å². The van der Waals surface area contributed by atoms with E-state index in [4.69, 9.17) is 0 Å². The molecule has 3 heteroatoms. The second kappa shape index (κ2) is 5.28. The summed E-state index contributed by atoms with van der Waals surface area (Å²) in [5.41, 5.74) is 0. The van der Waals surface area contributed by atoms with E-state index in [1.165, 1.54) is 32.5 Å². The highest BCUT2D eigenvalue weighted by atomic mass is 16.1. The lowest BCUT2D eigenvalue weighted by Crippen LogP contribution is -2.42. The predicted octanol–water partition coefficient (Wildman–Crippen LogP) is 1.38. The SMILES string of the molecule is CN(C)CC1CCN(C2CCC(=O)C2)CC1. The van der Waals surface area contributed by atoms with E-state index in [1.807, 2.05) is 0 Å². The third kappa shape index (κ3) is 3.05. The zero-order valence-corrected chi connectivity index (χ0v) is 10.6. The Kier molecular flexibility index (Phi) is 3.98. The van der Waals surface area contributed by atoms with E-state index in [0.717, 1.165) is 25.2 Å². The summed E-state index contributed by atoms with van der Waals surface area (Å²) in [6, 6.07) is 0.577. The molecule has 1 unspecified atom stereocenters. The Hall–Kier alpha value is -0.410. The molecule has 3 nitrogen and oxygen atoms in total. The monoisotopic (exact) mass is 224 g/mol. The highest BCUT2D eigenvalue weighted by molar-refractivity contribution is 5.81. The van der Waals surface area contributed by atoms with Gasteiger partial charge < -0.3 is 4.90 Å². The minimum absolute atomic E-state index is 0.473. The van der Waals surface area contributed by atoms with Crippen LogP contribution in [0.3, 0.4) is 0 Å². The molecular formula is C13H24N2O. The molecule has 1 saturated carbocycles. The first kappa shape index (κ1) is 12.1. The van der Waals surface area contributed by atoms with Crippen LogP contribution in [0.15, 0.2) is 0 Å². The lowest BCUT2D eigenvalue weighted by molar-refractivity contribution is -0.117. The van der Waals surface area contributed by atoms with Crippen molar-refractivity contribution in [3.05, 3.63) is 0 Å². The molecule has 0 N–H and O–H groups in total. The first-order valence-electron chi connectivity index (χ1n) is 6.55. The van der Waals surface area contributed by atoms with E-state index in [-0.39, 0.29) is 0 Å². The molecule has 2 aliphatic rings. The largest absolute Gasteiger partial charge is 0.309 e. The Balaban J connectivity index is 1.74. The van der Waals surface area contributed by atoms with Crippen molar-refractivity contribution in [3.63, 3.8) is 0 Å². The number of carbonyl (C=O) groups excluding carboxylic acids is 1. The molecule has 0 aromatic heterocycles. The van der Waals surface area contributed by atoms with E-state index in [1.54, 1.807) is 0 Å². The Bertz CT molecular complexity index is 244. The number of hydrogen-bond acceptors (Lipinski definition) is 3. The molecule has 0 amide bonds. The minimum atomic E-state index is 0.473. The summed E-state index contributed by atoms with van der Waals surface area (Å²) in [6.45, 7) is 3.63. The normalized spacial score (nSPS) is 29.2. The molecule has 0 aromatic rings. The molecule has 2 rings (SSSR count). The van der Waals surface area contributed by atoms with Crippen molar-refractivity contribution in [3.8, 4) is 0 Å². The first-order valence-corrected chi connectivity index (χ1v) is 6.55. The number of Topliss-reactive ketones (excluding diaryl/α,β-unsaturated/α-hetero) is 1. The third-order valence-electron chi connectivity index (χ3n) is 4.01. The summed E-state index contributed by atoms with van der Waals surface area (Å²) in [5, 5.41) is 0. The van der Waals surface area contributed by atoms with Crippen LogP contribution in [0.5, 0.6) is 0 Å². The van der Waals surface area contributed by atoms with Gasteiger partial charge in [0.2, 0.25) is 0 Å². The molecule has 1 heterocycles. The van der Waals surface area contributed by atoms with Crippen LogP contribution in [0.1, 0.15) is 32.1 Å². The standard InChI is InChI=1S/C13H24N2O/c1-14(2)10-11-5-7-15(8-6-11)12-3-4-13(16)9-12/h11-12H,3-10H2,1-2H3. The summed E-state index contributed by atoms with van der Waals surface area (Å²) in [6.07, 6.45) is 5.36. The molecule has 1 atom stereocenters. The van der Waals surface area contributed by atoms with E-state index < -0.39 is 0 Å². The lowest BCUT2D eigenvalue weighted by atomic mass is 9.95. The second-order valence-corrected chi connectivity index (χ2v) is 5.68. The van der Waals surface area contributed by atoms with Crippen LogP contribution in [0.2, 0.25) is 0 Å². The van der Waals surface area contributed by atoms with Gasteiger partial charge in [-0.3, -0.25) is 9.69 Å². The van der Waals surface area contributed by atoms with Crippen molar-refractivity contribution in [2.45, 2.75) is 38.1 Å². The van der Waals surface area contributed by atoms with Crippen LogP contribution in [-0.4, -0.2) is 55.4 Å². The molecule has 2 fully saturated rings. The van der Waals surface area contributed by atoms with Crippen molar-refractivity contribution >= 4 is 5.78 Å². The average Bonchev–Trinajstić information content (AvgIpc) is 2.65. The fourth-order valence-corrected chi connectivity index (χ4v) is 3.12. The summed E-state index contributed by atoms with van der Waals surface area (Å²) >= 11 is 0. The summed E-state index contributed by atoms with van der Waals surface area (Å²) in [5.74, 6) is 1.34. The maximum absolute atomic E-state index is 11.3. The molecule has 1 aliphatic heterocycles. The molecule has 1 aliphatic carbocycles. The highest BCUT2D eigenvalue weighted by Gasteiger charge is 2.30. The topological polar surface area (TPSA) is 23.6 Å². The lowest BCUT2D eigenvalue weighted by Gasteiger charge is -2.36. The van der Waals surface area contributed by atoms with E-state index in [9.17, 15) is 4.79 Å². The van der Waals surface area contributed by atoms with Crippen molar-refractivity contribution in [2.75, 3.05) is 33.7 Å². The average molecular weight is 224 g/mol. The Labute approximate surface area is 98.8 Å². The fourth-order valence-electron chi connectivity index (χ4n) is 3.12. The van der Waals surface area contributed by atoms with Gasteiger partial charge in [0.15, 0.2) is 0 Å². The van der Waals surface area contributed by atoms with Crippen LogP contribution in [-0.2, 0) is 4.79 Å². The smallest absolute Gasteiger partial charge is 0.134 e. The van der Waals surface area contributed by atoms with Gasteiger partial charge in [-0.25, -0.2) is 0 Å². The maximum Gasteiger partial charge on any atom is 0.134 e. The summed E-state index contributed by atoms with van der Waals surface area (Å²) in [4.78, 5) is 16.1. The third-order valence-corrected chi connectivity index (χ3v) is 4.01. The van der Waals surface area contributed by atoms with Gasteiger partial charge in [-0.05, 0) is 52.4 Å². The molecule has 0 aromatic carbocycles. The van der Waals surface area contributed by atoms with Crippen molar-refractivity contribution in [2.24, 2.45) is 5.92 Å². The van der Waals surface area contributed by atoms with Crippen LogP contribution in [0, 0.1) is 5.92 Å². The number of carbonyl (C=O) groups is 1. The highest BCUT2D eigenvalue weighted by Crippen LogP contribution is 2.26. The number of ketones is 1. The Morgan fingerprint density at radius 3 is 2.44 bits per heavy atom. The quantitative estimate of drug-likeness (QED) is 0.723. The maximum atomic E-state index is 11.3. The molecule has 92 valence electrons. The van der Waals surface area contributed by atoms with Crippen molar-refractivity contribution < 1.29 is 4.79 Å². The van der Waals surface area contributed by atoms with Gasteiger partial charge >= 0.3 is 0 Å². The van der Waals surface area contributed by atoms with Crippen LogP contribution in [0.4, 0.5) is 0 Å². The predicted molar refractivity (Wildman–Crippen MR) is 65.5 cm³/mol. The van der Waals surface area contributed by atoms with Crippen LogP contribution >= 0.6 is 0 Å². The van der Waals surface area contributed by atoms with Gasteiger partial charge in [0.25, 0.3) is 0 Å². The Morgan fingerprint density at radius 1 is 1.25 bits per heavy atom. The van der Waals surface area contributed by atoms with Crippen molar-refractivity contribution in [1.29, 1.82) is 0 Å². The minimum Gasteiger partial charge on any atom is -0.309 e. The van der Waals surface area contributed by atoms with Gasteiger partial charge in [-0.1, -0.05) is 0 Å². The van der Waals surface area contributed by atoms with E-state index in [0.29, 0.717) is 11.8 Å². The number of piperidine rings is 1. The first-order chi connectivity index (χ1) is 7.65. The van der Waals surface area contributed by atoms with Gasteiger partial charge in [0, 0.05) is 25.4 Å². The second-order valence-electron chi connectivity index (χ2n) is 5.68. The Morgan fingerprint density at radius 2 is 1.94 bits per heavy atom. The molecule has 0 radical (unpaired) electrons. The number of rotatable bonds is 3. The number of hydrogen-bond donors (Lipinski definition) is 0. The molecule has 16 heavy (non-hydrogen) atoms. The molecule has 0 spiro atoms. The van der Waals surface area contributed by atoms with Gasteiger partial charge in [0.1, 0.15) is 5.78 Å². The zero-order chi connectivity index (χ0) is 11.5. The number of likely N-dealkylation sites (tertiary alicyclic amines) is 1. The molecular weight excluding hydrogens is 200 g/mol. The van der Waals surface area contributed by atoms with Crippen LogP contribution in [0.25, 0.3) is 0 Å².